The average Bonchev–Trinajstić information content (AvgIpc) is 2.28. The minimum Gasteiger partial charge on any atom is -0.489 e. The Bertz CT molecular complexity index is 331. The molecule has 4 heteroatoms. The van der Waals surface area contributed by atoms with Gasteiger partial charge in [-0.1, -0.05) is 6.92 Å². The molecule has 17 heavy (non-hydrogen) atoms. The molecular formula is C13H21NO2S. The Morgan fingerprint density at radius 2 is 2.18 bits per heavy atom. The number of aliphatic hydroxyl groups excluding tert-OH is 1. The van der Waals surface area contributed by atoms with Crippen LogP contribution in [0.3, 0.4) is 0 Å². The summed E-state index contributed by atoms with van der Waals surface area (Å²) < 4.78 is 5.55. The van der Waals surface area contributed by atoms with Crippen LogP contribution < -0.4 is 4.74 Å². The van der Waals surface area contributed by atoms with E-state index in [1.807, 2.05) is 19.9 Å². The summed E-state index contributed by atoms with van der Waals surface area (Å²) in [7, 11) is 0. The summed E-state index contributed by atoms with van der Waals surface area (Å²) in [5.74, 6) is 2.50. The molecule has 0 bridgehead atoms. The topological polar surface area (TPSA) is 42.4 Å². The quantitative estimate of drug-likeness (QED) is 0.760. The molecular weight excluding hydrogens is 234 g/mol. The van der Waals surface area contributed by atoms with Crippen molar-refractivity contribution in [1.29, 1.82) is 0 Å². The van der Waals surface area contributed by atoms with Gasteiger partial charge in [-0.25, -0.2) is 0 Å². The second-order valence-electron chi connectivity index (χ2n) is 4.21. The van der Waals surface area contributed by atoms with Gasteiger partial charge < -0.3 is 9.84 Å². The Hall–Kier alpha value is -0.740. The van der Waals surface area contributed by atoms with Crippen molar-refractivity contribution in [3.63, 3.8) is 0 Å². The third kappa shape index (κ3) is 5.41. The molecule has 3 nitrogen and oxygen atoms in total. The number of aliphatic hydroxyl groups is 1. The van der Waals surface area contributed by atoms with Crippen molar-refractivity contribution in [2.75, 3.05) is 11.5 Å². The normalized spacial score (nSPS) is 12.8. The van der Waals surface area contributed by atoms with E-state index in [4.69, 9.17) is 4.74 Å². The Balaban J connectivity index is 2.57. The lowest BCUT2D eigenvalue weighted by Crippen LogP contribution is -2.07. The van der Waals surface area contributed by atoms with Gasteiger partial charge in [0.05, 0.1) is 18.4 Å². The molecule has 0 aliphatic carbocycles. The second kappa shape index (κ2) is 7.56. The first-order chi connectivity index (χ1) is 8.13. The van der Waals surface area contributed by atoms with E-state index >= 15 is 0 Å². The van der Waals surface area contributed by atoms with Gasteiger partial charge in [0.2, 0.25) is 0 Å². The molecule has 0 spiro atoms. The van der Waals surface area contributed by atoms with E-state index in [0.29, 0.717) is 5.75 Å². The number of rotatable bonds is 7. The third-order valence-corrected chi connectivity index (χ3v) is 3.36. The van der Waals surface area contributed by atoms with Crippen LogP contribution in [-0.4, -0.2) is 27.7 Å². The summed E-state index contributed by atoms with van der Waals surface area (Å²) in [5.41, 5.74) is 0.826. The first-order valence-corrected chi connectivity index (χ1v) is 7.16. The first kappa shape index (κ1) is 14.3. The van der Waals surface area contributed by atoms with E-state index in [-0.39, 0.29) is 6.10 Å². The molecule has 1 unspecified atom stereocenters. The summed E-state index contributed by atoms with van der Waals surface area (Å²) in [6, 6.07) is 1.87. The fourth-order valence-electron chi connectivity index (χ4n) is 1.39. The van der Waals surface area contributed by atoms with Gasteiger partial charge in [-0.2, -0.15) is 11.8 Å². The van der Waals surface area contributed by atoms with Crippen molar-refractivity contribution in [3.05, 3.63) is 24.0 Å². The first-order valence-electron chi connectivity index (χ1n) is 6.01. The fourth-order valence-corrected chi connectivity index (χ4v) is 2.26. The van der Waals surface area contributed by atoms with Crippen molar-refractivity contribution in [1.82, 2.24) is 4.98 Å². The maximum atomic E-state index is 9.99. The smallest absolute Gasteiger partial charge is 0.138 e. The molecule has 0 saturated carbocycles. The Labute approximate surface area is 108 Å². The Morgan fingerprint density at radius 1 is 1.41 bits per heavy atom. The van der Waals surface area contributed by atoms with Gasteiger partial charge in [-0.15, -0.1) is 0 Å². The number of aromatic nitrogens is 1. The van der Waals surface area contributed by atoms with Crippen molar-refractivity contribution >= 4 is 11.8 Å². The number of pyridine rings is 1. The maximum Gasteiger partial charge on any atom is 0.138 e. The van der Waals surface area contributed by atoms with Gasteiger partial charge in [0.1, 0.15) is 5.75 Å². The number of hydrogen-bond acceptors (Lipinski definition) is 4. The summed E-state index contributed by atoms with van der Waals surface area (Å²) >= 11 is 1.76. The highest BCUT2D eigenvalue weighted by molar-refractivity contribution is 7.99. The van der Waals surface area contributed by atoms with Gasteiger partial charge in [-0.3, -0.25) is 4.98 Å². The summed E-state index contributed by atoms with van der Waals surface area (Å²) in [5, 5.41) is 9.99. The van der Waals surface area contributed by atoms with Crippen LogP contribution in [0.5, 0.6) is 5.75 Å². The van der Waals surface area contributed by atoms with Gasteiger partial charge in [0.15, 0.2) is 0 Å². The molecule has 0 amide bonds. The van der Waals surface area contributed by atoms with E-state index in [0.717, 1.165) is 23.5 Å². The molecule has 0 aliphatic rings. The number of thioether (sulfide) groups is 1. The summed E-state index contributed by atoms with van der Waals surface area (Å²) in [4.78, 5) is 4.09. The van der Waals surface area contributed by atoms with E-state index in [1.54, 1.807) is 24.2 Å². The number of nitrogens with zero attached hydrogens (tertiary/aromatic N) is 1. The van der Waals surface area contributed by atoms with Gasteiger partial charge in [0.25, 0.3) is 0 Å². The zero-order valence-corrected chi connectivity index (χ0v) is 11.5. The highest BCUT2D eigenvalue weighted by Crippen LogP contribution is 2.22. The maximum absolute atomic E-state index is 9.99. The van der Waals surface area contributed by atoms with Crippen LogP contribution in [-0.2, 0) is 0 Å². The lowest BCUT2D eigenvalue weighted by molar-refractivity contribution is 0.201. The SMILES string of the molecule is CCCSCC(O)c1cncc(OC(C)C)c1. The van der Waals surface area contributed by atoms with Crippen LogP contribution in [0.15, 0.2) is 18.5 Å². The molecule has 1 rings (SSSR count). The summed E-state index contributed by atoms with van der Waals surface area (Å²) in [6.07, 6.45) is 4.17. The van der Waals surface area contributed by atoms with Crippen molar-refractivity contribution in [2.45, 2.75) is 39.4 Å². The standard InChI is InChI=1S/C13H21NO2S/c1-4-5-17-9-13(15)11-6-12(8-14-7-11)16-10(2)3/h6-8,10,13,15H,4-5,9H2,1-3H3. The van der Waals surface area contributed by atoms with Crippen molar-refractivity contribution in [3.8, 4) is 5.75 Å². The average molecular weight is 255 g/mol. The molecule has 1 aromatic heterocycles. The third-order valence-electron chi connectivity index (χ3n) is 2.12. The highest BCUT2D eigenvalue weighted by Gasteiger charge is 2.09. The van der Waals surface area contributed by atoms with Crippen molar-refractivity contribution in [2.24, 2.45) is 0 Å². The van der Waals surface area contributed by atoms with E-state index in [9.17, 15) is 5.11 Å². The number of hydrogen-bond donors (Lipinski definition) is 1. The molecule has 0 radical (unpaired) electrons. The van der Waals surface area contributed by atoms with Crippen LogP contribution >= 0.6 is 11.8 Å². The molecule has 1 N–H and O–H groups in total. The molecule has 0 aliphatic heterocycles. The van der Waals surface area contributed by atoms with Crippen LogP contribution in [0.4, 0.5) is 0 Å². The minimum atomic E-state index is -0.463. The monoisotopic (exact) mass is 255 g/mol. The van der Waals surface area contributed by atoms with Gasteiger partial charge in [-0.05, 0) is 32.1 Å². The van der Waals surface area contributed by atoms with Crippen LogP contribution in [0.1, 0.15) is 38.9 Å². The van der Waals surface area contributed by atoms with Gasteiger partial charge in [0, 0.05) is 17.5 Å². The van der Waals surface area contributed by atoms with Crippen LogP contribution in [0, 0.1) is 0 Å². The molecule has 96 valence electrons. The Morgan fingerprint density at radius 3 is 2.82 bits per heavy atom. The molecule has 0 saturated heterocycles. The predicted molar refractivity (Wildman–Crippen MR) is 72.6 cm³/mol. The zero-order valence-electron chi connectivity index (χ0n) is 10.7. The van der Waals surface area contributed by atoms with E-state index in [2.05, 4.69) is 11.9 Å². The Kier molecular flexibility index (Phi) is 6.37. The molecule has 1 aromatic rings. The highest BCUT2D eigenvalue weighted by atomic mass is 32.2. The molecule has 0 aromatic carbocycles. The zero-order chi connectivity index (χ0) is 12.7. The number of ether oxygens (including phenoxy) is 1. The lowest BCUT2D eigenvalue weighted by atomic mass is 10.2. The van der Waals surface area contributed by atoms with Gasteiger partial charge >= 0.3 is 0 Å². The predicted octanol–water partition coefficient (Wildman–Crippen LogP) is 3.05. The van der Waals surface area contributed by atoms with Crippen molar-refractivity contribution < 1.29 is 9.84 Å². The lowest BCUT2D eigenvalue weighted by Gasteiger charge is -2.13. The fraction of sp³-hybridized carbons (Fsp3) is 0.615. The molecule has 1 atom stereocenters. The second-order valence-corrected chi connectivity index (χ2v) is 5.36. The largest absolute Gasteiger partial charge is 0.489 e. The minimum absolute atomic E-state index is 0.124. The van der Waals surface area contributed by atoms with E-state index < -0.39 is 6.10 Å². The summed E-state index contributed by atoms with van der Waals surface area (Å²) in [6.45, 7) is 6.08. The molecule has 0 fully saturated rings. The van der Waals surface area contributed by atoms with Crippen LogP contribution in [0.2, 0.25) is 0 Å². The molecule has 1 heterocycles. The van der Waals surface area contributed by atoms with E-state index in [1.165, 1.54) is 0 Å². The van der Waals surface area contributed by atoms with Crippen LogP contribution in [0.25, 0.3) is 0 Å².